The second-order valence-corrected chi connectivity index (χ2v) is 5.87. The lowest BCUT2D eigenvalue weighted by Gasteiger charge is -2.27. The number of hydrogen-bond acceptors (Lipinski definition) is 1. The third kappa shape index (κ3) is 1.90. The van der Waals surface area contributed by atoms with E-state index in [0.717, 1.165) is 12.0 Å². The molecule has 0 radical (unpaired) electrons. The van der Waals surface area contributed by atoms with Crippen LogP contribution in [0.25, 0.3) is 0 Å². The van der Waals surface area contributed by atoms with Crippen molar-refractivity contribution in [2.24, 2.45) is 5.92 Å². The SMILES string of the molecule is CC1(C)c2ccccc2C(=O)[C@H]1Cc1ccccc1. The van der Waals surface area contributed by atoms with Crippen molar-refractivity contribution in [1.82, 2.24) is 0 Å². The molecule has 0 bridgehead atoms. The van der Waals surface area contributed by atoms with E-state index in [2.05, 4.69) is 32.0 Å². The van der Waals surface area contributed by atoms with Crippen LogP contribution in [0.15, 0.2) is 54.6 Å². The lowest BCUT2D eigenvalue weighted by atomic mass is 9.75. The van der Waals surface area contributed by atoms with Crippen LogP contribution in [0.5, 0.6) is 0 Å². The van der Waals surface area contributed by atoms with Crippen LogP contribution >= 0.6 is 0 Å². The first-order valence-corrected chi connectivity index (χ1v) is 6.78. The molecule has 0 N–H and O–H groups in total. The van der Waals surface area contributed by atoms with Crippen molar-refractivity contribution in [3.05, 3.63) is 71.3 Å². The minimum absolute atomic E-state index is 0.0484. The molecule has 3 rings (SSSR count). The Kier molecular flexibility index (Phi) is 2.78. The maximum atomic E-state index is 12.6. The first-order chi connectivity index (χ1) is 9.10. The minimum atomic E-state index is -0.0798. The quantitative estimate of drug-likeness (QED) is 0.786. The second-order valence-electron chi connectivity index (χ2n) is 5.87. The van der Waals surface area contributed by atoms with Gasteiger partial charge in [-0.2, -0.15) is 0 Å². The highest BCUT2D eigenvalue weighted by Crippen LogP contribution is 2.44. The van der Waals surface area contributed by atoms with Crippen LogP contribution in [0.3, 0.4) is 0 Å². The zero-order chi connectivity index (χ0) is 13.5. The van der Waals surface area contributed by atoms with E-state index in [4.69, 9.17) is 0 Å². The van der Waals surface area contributed by atoms with Gasteiger partial charge in [0.2, 0.25) is 0 Å². The van der Waals surface area contributed by atoms with E-state index in [-0.39, 0.29) is 11.3 Å². The van der Waals surface area contributed by atoms with E-state index in [1.807, 2.05) is 36.4 Å². The molecule has 0 saturated carbocycles. The highest BCUT2D eigenvalue weighted by atomic mass is 16.1. The van der Waals surface area contributed by atoms with E-state index in [1.165, 1.54) is 11.1 Å². The summed E-state index contributed by atoms with van der Waals surface area (Å²) in [6, 6.07) is 18.3. The van der Waals surface area contributed by atoms with E-state index >= 15 is 0 Å². The van der Waals surface area contributed by atoms with Gasteiger partial charge in [0.05, 0.1) is 0 Å². The summed E-state index contributed by atoms with van der Waals surface area (Å²) >= 11 is 0. The Morgan fingerprint density at radius 1 is 0.947 bits per heavy atom. The lowest BCUT2D eigenvalue weighted by molar-refractivity contribution is 0.0897. The van der Waals surface area contributed by atoms with Crippen molar-refractivity contribution in [3.63, 3.8) is 0 Å². The van der Waals surface area contributed by atoms with Crippen LogP contribution in [0, 0.1) is 5.92 Å². The summed E-state index contributed by atoms with van der Waals surface area (Å²) < 4.78 is 0. The highest BCUT2D eigenvalue weighted by molar-refractivity contribution is 6.04. The fourth-order valence-corrected chi connectivity index (χ4v) is 3.16. The number of benzene rings is 2. The Hall–Kier alpha value is -1.89. The fraction of sp³-hybridized carbons (Fsp3) is 0.278. The average molecular weight is 250 g/mol. The van der Waals surface area contributed by atoms with Gasteiger partial charge in [-0.05, 0) is 17.5 Å². The molecule has 1 aliphatic carbocycles. The van der Waals surface area contributed by atoms with Crippen LogP contribution in [-0.4, -0.2) is 5.78 Å². The van der Waals surface area contributed by atoms with Gasteiger partial charge in [-0.3, -0.25) is 4.79 Å². The first-order valence-electron chi connectivity index (χ1n) is 6.78. The van der Waals surface area contributed by atoms with Gasteiger partial charge < -0.3 is 0 Å². The summed E-state index contributed by atoms with van der Waals surface area (Å²) in [5.41, 5.74) is 3.26. The largest absolute Gasteiger partial charge is 0.294 e. The number of carbonyl (C=O) groups is 1. The molecule has 1 nitrogen and oxygen atoms in total. The van der Waals surface area contributed by atoms with Crippen LogP contribution in [-0.2, 0) is 11.8 Å². The van der Waals surface area contributed by atoms with Crippen molar-refractivity contribution >= 4 is 5.78 Å². The molecule has 2 aromatic rings. The van der Waals surface area contributed by atoms with E-state index in [0.29, 0.717) is 5.78 Å². The molecule has 1 aliphatic rings. The van der Waals surface area contributed by atoms with E-state index in [9.17, 15) is 4.79 Å². The number of ketones is 1. The zero-order valence-corrected chi connectivity index (χ0v) is 11.4. The third-order valence-electron chi connectivity index (χ3n) is 4.36. The van der Waals surface area contributed by atoms with Gasteiger partial charge in [0.25, 0.3) is 0 Å². The van der Waals surface area contributed by atoms with Crippen molar-refractivity contribution in [2.75, 3.05) is 0 Å². The Labute approximate surface area is 114 Å². The van der Waals surface area contributed by atoms with Crippen molar-refractivity contribution in [3.8, 4) is 0 Å². The van der Waals surface area contributed by atoms with Gasteiger partial charge in [0.1, 0.15) is 0 Å². The molecular formula is C18H18O. The predicted octanol–water partition coefficient (Wildman–Crippen LogP) is 4.02. The fourth-order valence-electron chi connectivity index (χ4n) is 3.16. The summed E-state index contributed by atoms with van der Waals surface area (Å²) in [4.78, 5) is 12.6. The van der Waals surface area contributed by atoms with Gasteiger partial charge in [0, 0.05) is 16.9 Å². The van der Waals surface area contributed by atoms with Gasteiger partial charge in [-0.25, -0.2) is 0 Å². The molecule has 2 aromatic carbocycles. The smallest absolute Gasteiger partial charge is 0.167 e. The number of rotatable bonds is 2. The van der Waals surface area contributed by atoms with Gasteiger partial charge in [-0.1, -0.05) is 68.4 Å². The molecule has 96 valence electrons. The normalized spacial score (nSPS) is 20.3. The number of fused-ring (bicyclic) bond motifs is 1. The molecule has 0 aliphatic heterocycles. The molecule has 0 saturated heterocycles. The molecule has 1 atom stereocenters. The second kappa shape index (κ2) is 4.34. The summed E-state index contributed by atoms with van der Waals surface area (Å²) in [5.74, 6) is 0.344. The lowest BCUT2D eigenvalue weighted by Crippen LogP contribution is -2.28. The number of Topliss-reactive ketones (excluding diaryl/α,β-unsaturated/α-hetero) is 1. The molecule has 19 heavy (non-hydrogen) atoms. The Morgan fingerprint density at radius 2 is 1.58 bits per heavy atom. The maximum Gasteiger partial charge on any atom is 0.167 e. The van der Waals surface area contributed by atoms with Crippen LogP contribution in [0.2, 0.25) is 0 Å². The molecule has 1 heteroatoms. The molecule has 0 spiro atoms. The number of carbonyl (C=O) groups excluding carboxylic acids is 1. The summed E-state index contributed by atoms with van der Waals surface area (Å²) in [5, 5.41) is 0. The minimum Gasteiger partial charge on any atom is -0.294 e. The summed E-state index contributed by atoms with van der Waals surface area (Å²) in [6.45, 7) is 4.37. The van der Waals surface area contributed by atoms with Gasteiger partial charge in [-0.15, -0.1) is 0 Å². The Balaban J connectivity index is 1.99. The Bertz CT molecular complexity index is 611. The Morgan fingerprint density at radius 3 is 2.26 bits per heavy atom. The third-order valence-corrected chi connectivity index (χ3v) is 4.36. The predicted molar refractivity (Wildman–Crippen MR) is 77.4 cm³/mol. The topological polar surface area (TPSA) is 17.1 Å². The summed E-state index contributed by atoms with van der Waals surface area (Å²) in [6.07, 6.45) is 0.821. The average Bonchev–Trinajstić information content (AvgIpc) is 2.62. The monoisotopic (exact) mass is 250 g/mol. The molecule has 0 amide bonds. The molecular weight excluding hydrogens is 232 g/mol. The van der Waals surface area contributed by atoms with Crippen LogP contribution < -0.4 is 0 Å². The molecule has 0 heterocycles. The van der Waals surface area contributed by atoms with Crippen LogP contribution in [0.1, 0.15) is 35.3 Å². The van der Waals surface area contributed by atoms with Crippen molar-refractivity contribution in [2.45, 2.75) is 25.7 Å². The van der Waals surface area contributed by atoms with Gasteiger partial charge >= 0.3 is 0 Å². The highest BCUT2D eigenvalue weighted by Gasteiger charge is 2.44. The van der Waals surface area contributed by atoms with Crippen molar-refractivity contribution < 1.29 is 4.79 Å². The van der Waals surface area contributed by atoms with Crippen molar-refractivity contribution in [1.29, 1.82) is 0 Å². The molecule has 0 aromatic heterocycles. The molecule has 0 unspecified atom stereocenters. The van der Waals surface area contributed by atoms with Gasteiger partial charge in [0.15, 0.2) is 5.78 Å². The van der Waals surface area contributed by atoms with E-state index < -0.39 is 0 Å². The zero-order valence-electron chi connectivity index (χ0n) is 11.4. The number of hydrogen-bond donors (Lipinski definition) is 0. The standard InChI is InChI=1S/C18H18O/c1-18(2)15-11-7-6-10-14(15)17(19)16(18)12-13-8-4-3-5-9-13/h3-11,16H,12H2,1-2H3/t16-/m1/s1. The maximum absolute atomic E-state index is 12.6. The first kappa shape index (κ1) is 12.2. The van der Waals surface area contributed by atoms with E-state index in [1.54, 1.807) is 0 Å². The molecule has 0 fully saturated rings. The summed E-state index contributed by atoms with van der Waals surface area (Å²) in [7, 11) is 0. The van der Waals surface area contributed by atoms with Crippen LogP contribution in [0.4, 0.5) is 0 Å².